The Labute approximate surface area is 128 Å². The molecule has 1 aromatic carbocycles. The number of hydrogen-bond donors (Lipinski definition) is 1. The molecule has 2 aromatic rings. The molecule has 1 unspecified atom stereocenters. The summed E-state index contributed by atoms with van der Waals surface area (Å²) in [5.74, 6) is 0.800. The van der Waals surface area contributed by atoms with Crippen LogP contribution in [0.25, 0.3) is 0 Å². The van der Waals surface area contributed by atoms with E-state index >= 15 is 0 Å². The molecule has 1 aromatic heterocycles. The number of benzene rings is 1. The fraction of sp³-hybridized carbons (Fsp3) is 0.400. The minimum Gasteiger partial charge on any atom is -0.486 e. The van der Waals surface area contributed by atoms with Crippen LogP contribution < -0.4 is 10.5 Å². The van der Waals surface area contributed by atoms with Gasteiger partial charge in [0, 0.05) is 27.7 Å². The standard InChI is InChI=1S/C15H19ClN2OS/c1-3-11(17)7-12-13(16)5-4-6-14(12)19-8-15-18-10(2)9-20-15/h4-6,9,11H,3,7-8,17H2,1-2H3. The van der Waals surface area contributed by atoms with Crippen molar-refractivity contribution in [2.45, 2.75) is 39.3 Å². The maximum Gasteiger partial charge on any atom is 0.140 e. The van der Waals surface area contributed by atoms with Gasteiger partial charge >= 0.3 is 0 Å². The molecule has 1 heterocycles. The number of rotatable bonds is 6. The Morgan fingerprint density at radius 1 is 1.45 bits per heavy atom. The van der Waals surface area contributed by atoms with Gasteiger partial charge in [-0.25, -0.2) is 4.98 Å². The zero-order chi connectivity index (χ0) is 14.5. The summed E-state index contributed by atoms with van der Waals surface area (Å²) in [7, 11) is 0. The van der Waals surface area contributed by atoms with Gasteiger partial charge in [0.1, 0.15) is 17.4 Å². The predicted molar refractivity (Wildman–Crippen MR) is 84.6 cm³/mol. The molecule has 0 aliphatic heterocycles. The molecule has 0 aliphatic rings. The highest BCUT2D eigenvalue weighted by Crippen LogP contribution is 2.28. The quantitative estimate of drug-likeness (QED) is 0.878. The Bertz CT molecular complexity index is 571. The average Bonchev–Trinajstić information content (AvgIpc) is 2.85. The van der Waals surface area contributed by atoms with Gasteiger partial charge in [-0.15, -0.1) is 11.3 Å². The van der Waals surface area contributed by atoms with Gasteiger partial charge in [0.15, 0.2) is 0 Å². The summed E-state index contributed by atoms with van der Waals surface area (Å²) in [6, 6.07) is 5.80. The van der Waals surface area contributed by atoms with Crippen LogP contribution in [0.15, 0.2) is 23.6 Å². The van der Waals surface area contributed by atoms with E-state index in [4.69, 9.17) is 22.1 Å². The second-order valence-electron chi connectivity index (χ2n) is 4.76. The fourth-order valence-electron chi connectivity index (χ4n) is 1.89. The molecular formula is C15H19ClN2OS. The first-order valence-electron chi connectivity index (χ1n) is 6.67. The van der Waals surface area contributed by atoms with Gasteiger partial charge in [-0.1, -0.05) is 24.6 Å². The van der Waals surface area contributed by atoms with Crippen LogP contribution in [0.1, 0.15) is 29.6 Å². The molecule has 0 saturated carbocycles. The van der Waals surface area contributed by atoms with Gasteiger partial charge in [-0.2, -0.15) is 0 Å². The molecule has 0 aliphatic carbocycles. The van der Waals surface area contributed by atoms with E-state index in [-0.39, 0.29) is 6.04 Å². The van der Waals surface area contributed by atoms with Crippen molar-refractivity contribution in [2.75, 3.05) is 0 Å². The molecule has 108 valence electrons. The maximum absolute atomic E-state index is 6.27. The van der Waals surface area contributed by atoms with Crippen molar-refractivity contribution in [1.29, 1.82) is 0 Å². The Hall–Kier alpha value is -1.10. The second-order valence-corrected chi connectivity index (χ2v) is 6.11. The Kier molecular flexibility index (Phi) is 5.40. The van der Waals surface area contributed by atoms with Crippen LogP contribution in [0, 0.1) is 6.92 Å². The van der Waals surface area contributed by atoms with Crippen LogP contribution in [0.4, 0.5) is 0 Å². The smallest absolute Gasteiger partial charge is 0.140 e. The summed E-state index contributed by atoms with van der Waals surface area (Å²) in [5, 5.41) is 3.69. The molecular weight excluding hydrogens is 292 g/mol. The predicted octanol–water partition coefficient (Wildman–Crippen LogP) is 3.96. The Balaban J connectivity index is 2.12. The molecule has 0 fully saturated rings. The highest BCUT2D eigenvalue weighted by molar-refractivity contribution is 7.09. The van der Waals surface area contributed by atoms with Crippen LogP contribution in [-0.2, 0) is 13.0 Å². The van der Waals surface area contributed by atoms with E-state index in [9.17, 15) is 0 Å². The van der Waals surface area contributed by atoms with Crippen molar-refractivity contribution >= 4 is 22.9 Å². The first-order valence-corrected chi connectivity index (χ1v) is 7.92. The van der Waals surface area contributed by atoms with Crippen LogP contribution in [0.3, 0.4) is 0 Å². The number of nitrogens with two attached hydrogens (primary N) is 1. The summed E-state index contributed by atoms with van der Waals surface area (Å²) in [4.78, 5) is 4.39. The van der Waals surface area contributed by atoms with E-state index < -0.39 is 0 Å². The van der Waals surface area contributed by atoms with Gasteiger partial charge < -0.3 is 10.5 Å². The van der Waals surface area contributed by atoms with Crippen molar-refractivity contribution in [1.82, 2.24) is 4.98 Å². The molecule has 0 radical (unpaired) electrons. The number of ether oxygens (including phenoxy) is 1. The average molecular weight is 311 g/mol. The van der Waals surface area contributed by atoms with Crippen molar-refractivity contribution in [2.24, 2.45) is 5.73 Å². The lowest BCUT2D eigenvalue weighted by molar-refractivity contribution is 0.301. The highest BCUT2D eigenvalue weighted by Gasteiger charge is 2.12. The van der Waals surface area contributed by atoms with Gasteiger partial charge in [-0.3, -0.25) is 0 Å². The third-order valence-corrected chi connectivity index (χ3v) is 4.38. The van der Waals surface area contributed by atoms with Crippen LogP contribution in [0.5, 0.6) is 5.75 Å². The minimum atomic E-state index is 0.0966. The molecule has 0 saturated heterocycles. The molecule has 20 heavy (non-hydrogen) atoms. The van der Waals surface area contributed by atoms with Crippen molar-refractivity contribution in [3.8, 4) is 5.75 Å². The Morgan fingerprint density at radius 2 is 2.25 bits per heavy atom. The van der Waals surface area contributed by atoms with E-state index in [1.54, 1.807) is 11.3 Å². The lowest BCUT2D eigenvalue weighted by atomic mass is 10.0. The normalized spacial score (nSPS) is 12.4. The van der Waals surface area contributed by atoms with Crippen LogP contribution in [0.2, 0.25) is 5.02 Å². The number of aromatic nitrogens is 1. The van der Waals surface area contributed by atoms with Crippen molar-refractivity contribution < 1.29 is 4.74 Å². The van der Waals surface area contributed by atoms with Crippen molar-refractivity contribution in [3.63, 3.8) is 0 Å². The monoisotopic (exact) mass is 310 g/mol. The Morgan fingerprint density at radius 3 is 2.90 bits per heavy atom. The van der Waals surface area contributed by atoms with Crippen LogP contribution in [-0.4, -0.2) is 11.0 Å². The topological polar surface area (TPSA) is 48.1 Å². The zero-order valence-electron chi connectivity index (χ0n) is 11.7. The van der Waals surface area contributed by atoms with E-state index in [2.05, 4.69) is 11.9 Å². The molecule has 0 bridgehead atoms. The number of nitrogens with zero attached hydrogens (tertiary/aromatic N) is 1. The van der Waals surface area contributed by atoms with Crippen molar-refractivity contribution in [3.05, 3.63) is 44.9 Å². The molecule has 0 spiro atoms. The number of thiazole rings is 1. The highest BCUT2D eigenvalue weighted by atomic mass is 35.5. The zero-order valence-corrected chi connectivity index (χ0v) is 13.3. The van der Waals surface area contributed by atoms with E-state index in [0.717, 1.165) is 34.9 Å². The first kappa shape index (κ1) is 15.3. The van der Waals surface area contributed by atoms with Gasteiger partial charge in [-0.05, 0) is 31.9 Å². The molecule has 2 N–H and O–H groups in total. The number of hydrogen-bond acceptors (Lipinski definition) is 4. The van der Waals surface area contributed by atoms with E-state index in [1.807, 2.05) is 30.5 Å². The van der Waals surface area contributed by atoms with Gasteiger partial charge in [0.05, 0.1) is 0 Å². The SMILES string of the molecule is CCC(N)Cc1c(Cl)cccc1OCc1nc(C)cs1. The molecule has 2 rings (SSSR count). The number of aryl methyl sites for hydroxylation is 1. The molecule has 5 heteroatoms. The van der Waals surface area contributed by atoms with Gasteiger partial charge in [0.25, 0.3) is 0 Å². The molecule has 0 amide bonds. The summed E-state index contributed by atoms with van der Waals surface area (Å²) >= 11 is 7.87. The lowest BCUT2D eigenvalue weighted by Gasteiger charge is -2.15. The third kappa shape index (κ3) is 3.95. The molecule has 1 atom stereocenters. The second kappa shape index (κ2) is 7.07. The van der Waals surface area contributed by atoms with E-state index in [1.165, 1.54) is 0 Å². The van der Waals surface area contributed by atoms with E-state index in [0.29, 0.717) is 11.6 Å². The summed E-state index contributed by atoms with van der Waals surface area (Å²) < 4.78 is 5.87. The van der Waals surface area contributed by atoms with Crippen LogP contribution >= 0.6 is 22.9 Å². The maximum atomic E-state index is 6.27. The minimum absolute atomic E-state index is 0.0966. The number of halogens is 1. The third-order valence-electron chi connectivity index (χ3n) is 3.08. The summed E-state index contributed by atoms with van der Waals surface area (Å²) in [6.45, 7) is 4.51. The fourth-order valence-corrected chi connectivity index (χ4v) is 2.81. The largest absolute Gasteiger partial charge is 0.486 e. The summed E-state index contributed by atoms with van der Waals surface area (Å²) in [5.41, 5.74) is 8.03. The van der Waals surface area contributed by atoms with Gasteiger partial charge in [0.2, 0.25) is 0 Å². The lowest BCUT2D eigenvalue weighted by Crippen LogP contribution is -2.22. The first-order chi connectivity index (χ1) is 9.60. The summed E-state index contributed by atoms with van der Waals surface area (Å²) in [6.07, 6.45) is 1.64. The molecule has 3 nitrogen and oxygen atoms in total.